The summed E-state index contributed by atoms with van der Waals surface area (Å²) in [5.74, 6) is 0. The summed E-state index contributed by atoms with van der Waals surface area (Å²) in [6, 6.07) is 16.9. The Morgan fingerprint density at radius 3 is 2.36 bits per heavy atom. The number of nitrogens with zero attached hydrogens (tertiary/aromatic N) is 1. The zero-order chi connectivity index (χ0) is 17.7. The van der Waals surface area contributed by atoms with Gasteiger partial charge in [-0.25, -0.2) is 8.42 Å². The van der Waals surface area contributed by atoms with Crippen molar-refractivity contribution in [1.29, 1.82) is 0 Å². The summed E-state index contributed by atoms with van der Waals surface area (Å²) in [5.41, 5.74) is 1.38. The number of aryl methyl sites for hydroxylation is 1. The van der Waals surface area contributed by atoms with Gasteiger partial charge in [-0.15, -0.1) is 0 Å². The number of hydrogen-bond acceptors (Lipinski definition) is 3. The molecule has 2 aromatic rings. The number of aldehydes is 1. The molecule has 25 heavy (non-hydrogen) atoms. The second-order valence-electron chi connectivity index (χ2n) is 7.30. The van der Waals surface area contributed by atoms with Gasteiger partial charge < -0.3 is 4.79 Å². The van der Waals surface area contributed by atoms with Crippen molar-refractivity contribution in [2.75, 3.05) is 13.1 Å². The molecule has 0 bridgehead atoms. The predicted molar refractivity (Wildman–Crippen MR) is 95.8 cm³/mol. The molecule has 0 amide bonds. The maximum Gasteiger partial charge on any atom is 0.243 e. The average Bonchev–Trinajstić information content (AvgIpc) is 3.33. The zero-order valence-corrected chi connectivity index (χ0v) is 15.0. The fourth-order valence-corrected chi connectivity index (χ4v) is 5.81. The topological polar surface area (TPSA) is 54.5 Å². The van der Waals surface area contributed by atoms with Gasteiger partial charge in [-0.2, -0.15) is 4.31 Å². The lowest BCUT2D eigenvalue weighted by Crippen LogP contribution is -2.45. The zero-order valence-electron chi connectivity index (χ0n) is 14.2. The van der Waals surface area contributed by atoms with Crippen molar-refractivity contribution in [1.82, 2.24) is 4.31 Å². The molecule has 1 aliphatic heterocycles. The Labute approximate surface area is 148 Å². The van der Waals surface area contributed by atoms with Gasteiger partial charge in [0.1, 0.15) is 6.29 Å². The van der Waals surface area contributed by atoms with E-state index in [-0.39, 0.29) is 12.0 Å². The quantitative estimate of drug-likeness (QED) is 0.793. The van der Waals surface area contributed by atoms with Crippen LogP contribution in [0.1, 0.15) is 24.0 Å². The summed E-state index contributed by atoms with van der Waals surface area (Å²) in [4.78, 5) is 12.2. The number of sulfonamides is 1. The third-order valence-electron chi connectivity index (χ3n) is 5.90. The first-order valence-electron chi connectivity index (χ1n) is 8.52. The lowest BCUT2D eigenvalue weighted by atomic mass is 9.82. The van der Waals surface area contributed by atoms with Crippen molar-refractivity contribution >= 4 is 16.3 Å². The van der Waals surface area contributed by atoms with E-state index in [0.717, 1.165) is 23.8 Å². The van der Waals surface area contributed by atoms with Crippen LogP contribution in [0.4, 0.5) is 0 Å². The van der Waals surface area contributed by atoms with Gasteiger partial charge in [0.25, 0.3) is 0 Å². The first-order chi connectivity index (χ1) is 11.9. The van der Waals surface area contributed by atoms with Crippen LogP contribution in [-0.4, -0.2) is 32.1 Å². The van der Waals surface area contributed by atoms with Gasteiger partial charge in [-0.1, -0.05) is 48.0 Å². The van der Waals surface area contributed by atoms with Crippen LogP contribution in [0, 0.1) is 12.3 Å². The number of benzene rings is 2. The Morgan fingerprint density at radius 2 is 1.72 bits per heavy atom. The Hall–Kier alpha value is -1.98. The first kappa shape index (κ1) is 16.5. The van der Waals surface area contributed by atoms with Crippen LogP contribution in [0.2, 0.25) is 0 Å². The van der Waals surface area contributed by atoms with E-state index < -0.39 is 15.4 Å². The largest absolute Gasteiger partial charge is 0.303 e. The van der Waals surface area contributed by atoms with Crippen molar-refractivity contribution in [2.24, 2.45) is 5.41 Å². The second kappa shape index (κ2) is 5.51. The van der Waals surface area contributed by atoms with Crippen molar-refractivity contribution in [3.8, 4) is 0 Å². The van der Waals surface area contributed by atoms with Crippen LogP contribution in [0.3, 0.4) is 0 Å². The summed E-state index contributed by atoms with van der Waals surface area (Å²) in [7, 11) is -3.57. The minimum Gasteiger partial charge on any atom is -0.303 e. The smallest absolute Gasteiger partial charge is 0.243 e. The number of carbonyl (C=O) groups is 1. The van der Waals surface area contributed by atoms with E-state index in [1.807, 2.05) is 25.1 Å². The Morgan fingerprint density at radius 1 is 1.04 bits per heavy atom. The molecule has 1 saturated carbocycles. The molecule has 2 fully saturated rings. The molecular weight excluding hydrogens is 334 g/mol. The molecule has 2 atom stereocenters. The van der Waals surface area contributed by atoms with Gasteiger partial charge in [0.05, 0.1) is 10.3 Å². The molecule has 2 aliphatic rings. The number of piperidine rings is 1. The maximum absolute atomic E-state index is 13.0. The maximum atomic E-state index is 13.0. The highest BCUT2D eigenvalue weighted by atomic mass is 32.2. The molecule has 1 aliphatic carbocycles. The van der Waals surface area contributed by atoms with E-state index in [2.05, 4.69) is 12.1 Å². The van der Waals surface area contributed by atoms with Crippen LogP contribution < -0.4 is 0 Å². The van der Waals surface area contributed by atoms with Crippen LogP contribution >= 0.6 is 0 Å². The van der Waals surface area contributed by atoms with Gasteiger partial charge in [0.2, 0.25) is 10.0 Å². The number of fused-ring (bicyclic) bond motifs is 1. The minimum atomic E-state index is -3.57. The highest BCUT2D eigenvalue weighted by molar-refractivity contribution is 7.89. The molecule has 1 saturated heterocycles. The van der Waals surface area contributed by atoms with Crippen molar-refractivity contribution in [3.05, 3.63) is 65.7 Å². The van der Waals surface area contributed by atoms with E-state index in [1.165, 1.54) is 4.31 Å². The van der Waals surface area contributed by atoms with Crippen molar-refractivity contribution < 1.29 is 13.2 Å². The summed E-state index contributed by atoms with van der Waals surface area (Å²) < 4.78 is 27.4. The van der Waals surface area contributed by atoms with Crippen LogP contribution in [-0.2, 0) is 20.2 Å². The van der Waals surface area contributed by atoms with Crippen LogP contribution in [0.5, 0.6) is 0 Å². The summed E-state index contributed by atoms with van der Waals surface area (Å²) in [6.07, 6.45) is 2.39. The molecule has 130 valence electrons. The molecular formula is C20H21NO3S. The average molecular weight is 355 g/mol. The number of hydrogen-bond donors (Lipinski definition) is 0. The minimum absolute atomic E-state index is 0.199. The highest BCUT2D eigenvalue weighted by Crippen LogP contribution is 2.67. The molecule has 4 nitrogen and oxygen atoms in total. The number of rotatable bonds is 4. The fourth-order valence-electron chi connectivity index (χ4n) is 4.30. The molecule has 5 heteroatoms. The van der Waals surface area contributed by atoms with Crippen LogP contribution in [0.15, 0.2) is 59.5 Å². The lowest BCUT2D eigenvalue weighted by molar-refractivity contribution is -0.113. The highest BCUT2D eigenvalue weighted by Gasteiger charge is 2.70. The fraction of sp³-hybridized carbons (Fsp3) is 0.350. The summed E-state index contributed by atoms with van der Waals surface area (Å²) >= 11 is 0. The Bertz CT molecular complexity index is 908. The van der Waals surface area contributed by atoms with Crippen molar-refractivity contribution in [2.45, 2.75) is 30.1 Å². The molecule has 0 radical (unpaired) electrons. The monoisotopic (exact) mass is 355 g/mol. The van der Waals surface area contributed by atoms with E-state index in [4.69, 9.17) is 0 Å². The van der Waals surface area contributed by atoms with Gasteiger partial charge >= 0.3 is 0 Å². The first-order valence-corrected chi connectivity index (χ1v) is 9.96. The molecule has 0 aromatic heterocycles. The summed E-state index contributed by atoms with van der Waals surface area (Å²) in [5, 5.41) is 0. The molecule has 2 aromatic carbocycles. The van der Waals surface area contributed by atoms with E-state index in [9.17, 15) is 13.2 Å². The van der Waals surface area contributed by atoms with E-state index >= 15 is 0 Å². The normalized spacial score (nSPS) is 29.0. The Kier molecular flexibility index (Phi) is 3.63. The molecule has 0 N–H and O–H groups in total. The standard InChI is InChI=1S/C20H21NO3S/c1-16-7-9-18(10-8-16)25(23,24)21-12-11-20(13-19(20,14-21)15-22)17-5-3-2-4-6-17/h2-10,15H,11-14H2,1H3/t19-,20-/m1/s1. The van der Waals surface area contributed by atoms with Gasteiger partial charge in [0.15, 0.2) is 0 Å². The van der Waals surface area contributed by atoms with Crippen LogP contribution in [0.25, 0.3) is 0 Å². The molecule has 0 spiro atoms. The predicted octanol–water partition coefficient (Wildman–Crippen LogP) is 2.92. The summed E-state index contributed by atoms with van der Waals surface area (Å²) in [6.45, 7) is 2.64. The molecule has 4 rings (SSSR count). The van der Waals surface area contributed by atoms with Gasteiger partial charge in [-0.3, -0.25) is 0 Å². The lowest BCUT2D eigenvalue weighted by Gasteiger charge is -2.35. The molecule has 0 unspecified atom stereocenters. The number of carbonyl (C=O) groups excluding carboxylic acids is 1. The van der Waals surface area contributed by atoms with Crippen molar-refractivity contribution in [3.63, 3.8) is 0 Å². The van der Waals surface area contributed by atoms with E-state index in [1.54, 1.807) is 24.3 Å². The third kappa shape index (κ3) is 2.37. The van der Waals surface area contributed by atoms with Gasteiger partial charge in [-0.05, 0) is 37.5 Å². The second-order valence-corrected chi connectivity index (χ2v) is 9.24. The van der Waals surface area contributed by atoms with Gasteiger partial charge in [0, 0.05) is 18.5 Å². The van der Waals surface area contributed by atoms with E-state index in [0.29, 0.717) is 17.9 Å². The Balaban J connectivity index is 1.65. The third-order valence-corrected chi connectivity index (χ3v) is 7.76. The SMILES string of the molecule is Cc1ccc(S(=O)(=O)N2CC[C@]3(c4ccccc4)C[C@]3(C=O)C2)cc1. The molecule has 1 heterocycles.